The van der Waals surface area contributed by atoms with Crippen molar-refractivity contribution in [3.8, 4) is 28.5 Å². The fourth-order valence-corrected chi connectivity index (χ4v) is 4.48. The predicted molar refractivity (Wildman–Crippen MR) is 142 cm³/mol. The van der Waals surface area contributed by atoms with Crippen molar-refractivity contribution in [2.24, 2.45) is 0 Å². The van der Waals surface area contributed by atoms with Gasteiger partial charge in [0.1, 0.15) is 6.61 Å². The van der Waals surface area contributed by atoms with Crippen LogP contribution in [0.5, 0.6) is 5.88 Å². The number of morpholine rings is 1. The molecule has 2 N–H and O–H groups in total. The minimum absolute atomic E-state index is 0.210. The first-order valence-corrected chi connectivity index (χ1v) is 12.4. The standard InChI is InChI=1S/C28H31N5O4/c1-18-12-19(2)14-22(13-18)31-28-30-17-24(37-28)21-15-23(26-20(3)4-5-29-27(26)34)32-25(16-21)36-11-8-33-6-9-35-10-7-33/h4-5,12-17H,6-11H2,1-3H3,(H,29,34)(H,30,31). The first-order valence-electron chi connectivity index (χ1n) is 12.4. The molecule has 1 fully saturated rings. The fraction of sp³-hybridized carbons (Fsp3) is 0.321. The molecule has 0 aliphatic carbocycles. The van der Waals surface area contributed by atoms with Gasteiger partial charge in [0, 0.05) is 43.1 Å². The van der Waals surface area contributed by atoms with E-state index < -0.39 is 0 Å². The highest BCUT2D eigenvalue weighted by atomic mass is 16.5. The second kappa shape index (κ2) is 11.0. The van der Waals surface area contributed by atoms with Crippen molar-refractivity contribution in [2.75, 3.05) is 44.8 Å². The summed E-state index contributed by atoms with van der Waals surface area (Å²) in [5.41, 5.74) is 5.54. The molecule has 0 spiro atoms. The Morgan fingerprint density at radius 3 is 2.62 bits per heavy atom. The van der Waals surface area contributed by atoms with Crippen LogP contribution in [0.2, 0.25) is 0 Å². The Kier molecular flexibility index (Phi) is 7.34. The van der Waals surface area contributed by atoms with E-state index >= 15 is 0 Å². The highest BCUT2D eigenvalue weighted by molar-refractivity contribution is 5.70. The van der Waals surface area contributed by atoms with Gasteiger partial charge < -0.3 is 24.2 Å². The Balaban J connectivity index is 1.43. The zero-order valence-corrected chi connectivity index (χ0v) is 21.3. The fourth-order valence-electron chi connectivity index (χ4n) is 4.48. The summed E-state index contributed by atoms with van der Waals surface area (Å²) in [6.45, 7) is 10.5. The molecule has 5 rings (SSSR count). The maximum atomic E-state index is 12.7. The van der Waals surface area contributed by atoms with E-state index in [-0.39, 0.29) is 5.56 Å². The molecule has 4 heterocycles. The highest BCUT2D eigenvalue weighted by Gasteiger charge is 2.16. The minimum Gasteiger partial charge on any atom is -0.476 e. The molecule has 37 heavy (non-hydrogen) atoms. The topological polar surface area (TPSA) is 106 Å². The van der Waals surface area contributed by atoms with Crippen LogP contribution >= 0.6 is 0 Å². The molecule has 0 amide bonds. The summed E-state index contributed by atoms with van der Waals surface area (Å²) in [6, 6.07) is 12.0. The van der Waals surface area contributed by atoms with Crippen molar-refractivity contribution in [3.05, 3.63) is 75.8 Å². The van der Waals surface area contributed by atoms with Crippen LogP contribution in [0.4, 0.5) is 11.7 Å². The van der Waals surface area contributed by atoms with E-state index in [0.29, 0.717) is 35.5 Å². The van der Waals surface area contributed by atoms with Crippen LogP contribution in [-0.4, -0.2) is 59.3 Å². The molecule has 3 aromatic heterocycles. The molecule has 0 unspecified atom stereocenters. The van der Waals surface area contributed by atoms with Crippen LogP contribution in [0.15, 0.2) is 58.0 Å². The number of hydrogen-bond donors (Lipinski definition) is 2. The molecule has 0 atom stereocenters. The molecule has 192 valence electrons. The summed E-state index contributed by atoms with van der Waals surface area (Å²) >= 11 is 0. The number of aromatic amines is 1. The van der Waals surface area contributed by atoms with Crippen molar-refractivity contribution in [2.45, 2.75) is 20.8 Å². The summed E-state index contributed by atoms with van der Waals surface area (Å²) in [4.78, 5) is 26.8. The van der Waals surface area contributed by atoms with Crippen molar-refractivity contribution in [1.29, 1.82) is 0 Å². The first kappa shape index (κ1) is 24.7. The number of benzene rings is 1. The van der Waals surface area contributed by atoms with Gasteiger partial charge >= 0.3 is 0 Å². The smallest absolute Gasteiger partial charge is 0.299 e. The summed E-state index contributed by atoms with van der Waals surface area (Å²) in [5.74, 6) is 0.960. The van der Waals surface area contributed by atoms with E-state index in [1.807, 2.05) is 51.1 Å². The maximum Gasteiger partial charge on any atom is 0.299 e. The summed E-state index contributed by atoms with van der Waals surface area (Å²) < 4.78 is 17.5. The number of rotatable bonds is 8. The average molecular weight is 502 g/mol. The predicted octanol–water partition coefficient (Wildman–Crippen LogP) is 4.47. The van der Waals surface area contributed by atoms with Gasteiger partial charge in [0.05, 0.1) is 30.7 Å². The molecule has 0 bridgehead atoms. The number of nitrogens with one attached hydrogen (secondary N) is 2. The number of ether oxygens (including phenoxy) is 2. The third-order valence-electron chi connectivity index (χ3n) is 6.25. The lowest BCUT2D eigenvalue weighted by Gasteiger charge is -2.26. The van der Waals surface area contributed by atoms with E-state index in [4.69, 9.17) is 13.9 Å². The molecule has 0 saturated carbocycles. The number of nitrogens with zero attached hydrogens (tertiary/aromatic N) is 3. The van der Waals surface area contributed by atoms with E-state index in [1.54, 1.807) is 12.4 Å². The van der Waals surface area contributed by atoms with E-state index in [9.17, 15) is 4.79 Å². The zero-order valence-electron chi connectivity index (χ0n) is 21.3. The second-order valence-corrected chi connectivity index (χ2v) is 9.28. The third-order valence-corrected chi connectivity index (χ3v) is 6.25. The number of H-pyrrole nitrogens is 1. The van der Waals surface area contributed by atoms with Crippen molar-refractivity contribution < 1.29 is 13.9 Å². The lowest BCUT2D eigenvalue weighted by atomic mass is 10.1. The normalized spacial score (nSPS) is 14.0. The number of hydrogen-bond acceptors (Lipinski definition) is 8. The Hall–Kier alpha value is -3.95. The van der Waals surface area contributed by atoms with Gasteiger partial charge in [-0.3, -0.25) is 9.69 Å². The maximum absolute atomic E-state index is 12.7. The Labute approximate surface area is 215 Å². The van der Waals surface area contributed by atoms with E-state index in [0.717, 1.165) is 60.8 Å². The molecule has 4 aromatic rings. The van der Waals surface area contributed by atoms with E-state index in [1.165, 1.54) is 0 Å². The Morgan fingerprint density at radius 2 is 1.86 bits per heavy atom. The van der Waals surface area contributed by atoms with Gasteiger partial charge in [-0.1, -0.05) is 6.07 Å². The molecule has 1 aliphatic rings. The molecule has 1 saturated heterocycles. The number of aromatic nitrogens is 3. The molecule has 1 aliphatic heterocycles. The highest BCUT2D eigenvalue weighted by Crippen LogP contribution is 2.31. The minimum atomic E-state index is -0.210. The number of anilines is 2. The quantitative estimate of drug-likeness (QED) is 0.364. The zero-order chi connectivity index (χ0) is 25.8. The van der Waals surface area contributed by atoms with Crippen LogP contribution in [0.3, 0.4) is 0 Å². The Bertz CT molecular complexity index is 1420. The summed E-state index contributed by atoms with van der Waals surface area (Å²) in [6.07, 6.45) is 3.29. The average Bonchev–Trinajstić information content (AvgIpc) is 3.32. The van der Waals surface area contributed by atoms with Crippen molar-refractivity contribution in [3.63, 3.8) is 0 Å². The second-order valence-electron chi connectivity index (χ2n) is 9.28. The number of pyridine rings is 2. The molecule has 0 radical (unpaired) electrons. The monoisotopic (exact) mass is 501 g/mol. The molecule has 9 nitrogen and oxygen atoms in total. The van der Waals surface area contributed by atoms with Crippen LogP contribution in [-0.2, 0) is 4.74 Å². The van der Waals surface area contributed by atoms with Crippen molar-refractivity contribution in [1.82, 2.24) is 19.9 Å². The van der Waals surface area contributed by atoms with E-state index in [2.05, 4.69) is 31.2 Å². The molecular weight excluding hydrogens is 470 g/mol. The summed E-state index contributed by atoms with van der Waals surface area (Å²) in [5, 5.41) is 3.23. The van der Waals surface area contributed by atoms with Gasteiger partial charge in [-0.15, -0.1) is 0 Å². The van der Waals surface area contributed by atoms with Crippen LogP contribution in [0.25, 0.3) is 22.6 Å². The summed E-state index contributed by atoms with van der Waals surface area (Å²) in [7, 11) is 0. The van der Waals surface area contributed by atoms with Gasteiger partial charge in [0.25, 0.3) is 11.6 Å². The van der Waals surface area contributed by atoms with Gasteiger partial charge in [0.2, 0.25) is 5.88 Å². The van der Waals surface area contributed by atoms with Gasteiger partial charge in [0.15, 0.2) is 5.76 Å². The lowest BCUT2D eigenvalue weighted by molar-refractivity contribution is 0.0320. The number of oxazole rings is 1. The third kappa shape index (κ3) is 6.07. The van der Waals surface area contributed by atoms with Gasteiger partial charge in [-0.25, -0.2) is 9.97 Å². The molecule has 1 aromatic carbocycles. The van der Waals surface area contributed by atoms with Crippen LogP contribution in [0.1, 0.15) is 16.7 Å². The van der Waals surface area contributed by atoms with Crippen LogP contribution < -0.4 is 15.6 Å². The molecule has 9 heteroatoms. The SMILES string of the molecule is Cc1cc(C)cc(Nc2ncc(-c3cc(OCCN4CCOCC4)nc(-c4c(C)cc[nH]c4=O)c3)o2)c1. The number of aryl methyl sites for hydroxylation is 3. The van der Waals surface area contributed by atoms with Gasteiger partial charge in [-0.05, 0) is 61.7 Å². The molecular formula is C28H31N5O4. The van der Waals surface area contributed by atoms with Crippen molar-refractivity contribution >= 4 is 11.7 Å². The first-order chi connectivity index (χ1) is 17.9. The van der Waals surface area contributed by atoms with Crippen LogP contribution in [0, 0.1) is 20.8 Å². The largest absolute Gasteiger partial charge is 0.476 e. The lowest BCUT2D eigenvalue weighted by Crippen LogP contribution is -2.38. The van der Waals surface area contributed by atoms with Gasteiger partial charge in [-0.2, -0.15) is 0 Å². The Morgan fingerprint density at radius 1 is 1.08 bits per heavy atom.